The average Bonchev–Trinajstić information content (AvgIpc) is 2.26. The molecule has 0 aliphatic carbocycles. The summed E-state index contributed by atoms with van der Waals surface area (Å²) in [6.07, 6.45) is 1.10. The van der Waals surface area contributed by atoms with Crippen LogP contribution < -0.4 is 0 Å². The molecule has 0 saturated heterocycles. The van der Waals surface area contributed by atoms with E-state index in [0.717, 1.165) is 19.5 Å². The van der Waals surface area contributed by atoms with Gasteiger partial charge in [0.2, 0.25) is 0 Å². The summed E-state index contributed by atoms with van der Waals surface area (Å²) in [4.78, 5) is 2.27. The summed E-state index contributed by atoms with van der Waals surface area (Å²) < 4.78 is 0. The second kappa shape index (κ2) is 6.42. The van der Waals surface area contributed by atoms with Crippen LogP contribution in [0.3, 0.4) is 0 Å². The molecule has 0 saturated carbocycles. The maximum Gasteiger partial charge on any atom is 0.0351 e. The van der Waals surface area contributed by atoms with E-state index in [4.69, 9.17) is 11.6 Å². The van der Waals surface area contributed by atoms with Crippen LogP contribution in [0.5, 0.6) is 0 Å². The number of halogens is 1. The summed E-state index contributed by atoms with van der Waals surface area (Å²) in [7, 11) is 2.12. The van der Waals surface area contributed by atoms with Crippen LogP contribution in [0.4, 0.5) is 0 Å². The molecule has 0 amide bonds. The fourth-order valence-electron chi connectivity index (χ4n) is 1.75. The van der Waals surface area contributed by atoms with Crippen LogP contribution in [0.2, 0.25) is 0 Å². The monoisotopic (exact) mass is 253 g/mol. The molecule has 1 aromatic rings. The summed E-state index contributed by atoms with van der Waals surface area (Å²) in [5.74, 6) is 0.708. The van der Waals surface area contributed by atoms with Gasteiger partial charge in [0.15, 0.2) is 0 Å². The summed E-state index contributed by atoms with van der Waals surface area (Å²) in [5, 5.41) is 0. The number of hydrogen-bond acceptors (Lipinski definition) is 1. The van der Waals surface area contributed by atoms with E-state index in [2.05, 4.69) is 57.0 Å². The lowest BCUT2D eigenvalue weighted by Gasteiger charge is -2.19. The molecule has 0 aliphatic heterocycles. The highest BCUT2D eigenvalue weighted by Gasteiger charge is 2.12. The van der Waals surface area contributed by atoms with E-state index in [0.29, 0.717) is 5.88 Å². The highest BCUT2D eigenvalue weighted by Crippen LogP contribution is 2.22. The lowest BCUT2D eigenvalue weighted by Crippen LogP contribution is -2.23. The Balaban J connectivity index is 2.51. The first-order valence-corrected chi connectivity index (χ1v) is 6.81. The van der Waals surface area contributed by atoms with E-state index in [1.54, 1.807) is 0 Å². The number of alkyl halides is 1. The Labute approximate surface area is 111 Å². The molecule has 96 valence electrons. The second-order valence-corrected chi connectivity index (χ2v) is 6.07. The van der Waals surface area contributed by atoms with Crippen molar-refractivity contribution in [1.82, 2.24) is 4.90 Å². The molecule has 0 atom stereocenters. The third-order valence-corrected chi connectivity index (χ3v) is 3.24. The van der Waals surface area contributed by atoms with Crippen molar-refractivity contribution in [3.8, 4) is 0 Å². The standard InChI is InChI=1S/C15H24ClN/c1-15(2,3)14-7-5-13(6-8-14)9-11-17(4)12-10-16/h5-8H,9-12H2,1-4H3. The van der Waals surface area contributed by atoms with Crippen LogP contribution in [-0.2, 0) is 11.8 Å². The van der Waals surface area contributed by atoms with Crippen molar-refractivity contribution in [3.05, 3.63) is 35.4 Å². The van der Waals surface area contributed by atoms with Gasteiger partial charge < -0.3 is 4.90 Å². The molecule has 0 radical (unpaired) electrons. The van der Waals surface area contributed by atoms with Crippen molar-refractivity contribution in [2.45, 2.75) is 32.6 Å². The third-order valence-electron chi connectivity index (χ3n) is 3.07. The highest BCUT2D eigenvalue weighted by atomic mass is 35.5. The molecule has 0 N–H and O–H groups in total. The second-order valence-electron chi connectivity index (χ2n) is 5.69. The minimum atomic E-state index is 0.244. The van der Waals surface area contributed by atoms with Crippen LogP contribution in [0, 0.1) is 0 Å². The molecule has 1 nitrogen and oxygen atoms in total. The number of rotatable bonds is 5. The summed E-state index contributed by atoms with van der Waals surface area (Å²) in [6.45, 7) is 8.77. The average molecular weight is 254 g/mol. The van der Waals surface area contributed by atoms with Crippen LogP contribution in [0.15, 0.2) is 24.3 Å². The van der Waals surface area contributed by atoms with Gasteiger partial charge in [-0.25, -0.2) is 0 Å². The molecule has 17 heavy (non-hydrogen) atoms. The first-order chi connectivity index (χ1) is 7.93. The maximum absolute atomic E-state index is 5.71. The zero-order chi connectivity index (χ0) is 12.9. The SMILES string of the molecule is CN(CCCl)CCc1ccc(C(C)(C)C)cc1. The van der Waals surface area contributed by atoms with E-state index >= 15 is 0 Å². The Kier molecular flexibility index (Phi) is 5.48. The molecule has 0 heterocycles. The van der Waals surface area contributed by atoms with Gasteiger partial charge in [-0.1, -0.05) is 45.0 Å². The van der Waals surface area contributed by atoms with Crippen molar-refractivity contribution in [2.75, 3.05) is 26.0 Å². The molecule has 0 spiro atoms. The normalized spacial score (nSPS) is 12.1. The van der Waals surface area contributed by atoms with Crippen LogP contribution in [-0.4, -0.2) is 30.9 Å². The Hall–Kier alpha value is -0.530. The molecule has 0 fully saturated rings. The third kappa shape index (κ3) is 5.10. The molecule has 0 aromatic heterocycles. The zero-order valence-corrected chi connectivity index (χ0v) is 12.2. The summed E-state index contributed by atoms with van der Waals surface area (Å²) in [5.41, 5.74) is 3.04. The number of likely N-dealkylation sites (N-methyl/N-ethyl adjacent to an activating group) is 1. The van der Waals surface area contributed by atoms with E-state index in [1.165, 1.54) is 11.1 Å². The van der Waals surface area contributed by atoms with Gasteiger partial charge in [-0.3, -0.25) is 0 Å². The molecule has 0 bridgehead atoms. The number of benzene rings is 1. The van der Waals surface area contributed by atoms with Crippen molar-refractivity contribution in [2.24, 2.45) is 0 Å². The number of nitrogens with zero attached hydrogens (tertiary/aromatic N) is 1. The van der Waals surface area contributed by atoms with Crippen molar-refractivity contribution < 1.29 is 0 Å². The molecule has 0 aliphatic rings. The highest BCUT2D eigenvalue weighted by molar-refractivity contribution is 6.18. The van der Waals surface area contributed by atoms with E-state index < -0.39 is 0 Å². The first-order valence-electron chi connectivity index (χ1n) is 6.27. The van der Waals surface area contributed by atoms with Crippen molar-refractivity contribution in [3.63, 3.8) is 0 Å². The quantitative estimate of drug-likeness (QED) is 0.724. The van der Waals surface area contributed by atoms with Gasteiger partial charge in [0.05, 0.1) is 0 Å². The van der Waals surface area contributed by atoms with Crippen LogP contribution in [0.1, 0.15) is 31.9 Å². The van der Waals surface area contributed by atoms with Crippen molar-refractivity contribution >= 4 is 11.6 Å². The van der Waals surface area contributed by atoms with Gasteiger partial charge in [0.1, 0.15) is 0 Å². The number of hydrogen-bond donors (Lipinski definition) is 0. The van der Waals surface area contributed by atoms with E-state index in [1.807, 2.05) is 0 Å². The van der Waals surface area contributed by atoms with Gasteiger partial charge in [0.25, 0.3) is 0 Å². The zero-order valence-electron chi connectivity index (χ0n) is 11.5. The lowest BCUT2D eigenvalue weighted by atomic mass is 9.86. The Morgan fingerprint density at radius 2 is 1.65 bits per heavy atom. The Bertz CT molecular complexity index is 324. The minimum absolute atomic E-state index is 0.244. The molecular formula is C15H24ClN. The van der Waals surface area contributed by atoms with E-state index in [9.17, 15) is 0 Å². The molecular weight excluding hydrogens is 230 g/mol. The fraction of sp³-hybridized carbons (Fsp3) is 0.600. The van der Waals surface area contributed by atoms with Crippen molar-refractivity contribution in [1.29, 1.82) is 0 Å². The topological polar surface area (TPSA) is 3.24 Å². The summed E-state index contributed by atoms with van der Waals surface area (Å²) >= 11 is 5.71. The lowest BCUT2D eigenvalue weighted by molar-refractivity contribution is 0.359. The van der Waals surface area contributed by atoms with Gasteiger partial charge in [-0.05, 0) is 30.0 Å². The smallest absolute Gasteiger partial charge is 0.0351 e. The Morgan fingerprint density at radius 3 is 2.12 bits per heavy atom. The predicted molar refractivity (Wildman–Crippen MR) is 77.1 cm³/mol. The summed E-state index contributed by atoms with van der Waals surface area (Å²) in [6, 6.07) is 8.98. The molecule has 2 heteroatoms. The molecule has 0 unspecified atom stereocenters. The fourth-order valence-corrected chi connectivity index (χ4v) is 2.04. The van der Waals surface area contributed by atoms with Gasteiger partial charge >= 0.3 is 0 Å². The largest absolute Gasteiger partial charge is 0.305 e. The van der Waals surface area contributed by atoms with Gasteiger partial charge in [0, 0.05) is 19.0 Å². The first kappa shape index (κ1) is 14.5. The minimum Gasteiger partial charge on any atom is -0.305 e. The predicted octanol–water partition coefficient (Wildman–Crippen LogP) is 3.70. The molecule has 1 aromatic carbocycles. The van der Waals surface area contributed by atoms with Crippen LogP contribution in [0.25, 0.3) is 0 Å². The Morgan fingerprint density at radius 1 is 1.06 bits per heavy atom. The maximum atomic E-state index is 5.71. The van der Waals surface area contributed by atoms with Gasteiger partial charge in [-0.15, -0.1) is 11.6 Å². The van der Waals surface area contributed by atoms with E-state index in [-0.39, 0.29) is 5.41 Å². The van der Waals surface area contributed by atoms with Crippen LogP contribution >= 0.6 is 11.6 Å². The van der Waals surface area contributed by atoms with Gasteiger partial charge in [-0.2, -0.15) is 0 Å². The molecule has 1 rings (SSSR count).